The lowest BCUT2D eigenvalue weighted by Gasteiger charge is -2.32. The Morgan fingerprint density at radius 3 is 2.85 bits per heavy atom. The van der Waals surface area contributed by atoms with E-state index in [4.69, 9.17) is 10.9 Å². The Bertz CT molecular complexity index is 585. The van der Waals surface area contributed by atoms with Crippen molar-refractivity contribution in [2.75, 3.05) is 25.4 Å². The third-order valence-corrected chi connectivity index (χ3v) is 3.66. The highest BCUT2D eigenvalue weighted by molar-refractivity contribution is 7.87. The Kier molecular flexibility index (Phi) is 4.20. The zero-order chi connectivity index (χ0) is 14.8. The summed E-state index contributed by atoms with van der Waals surface area (Å²) in [5.41, 5.74) is 5.45. The van der Waals surface area contributed by atoms with Gasteiger partial charge in [0, 0.05) is 19.6 Å². The number of piperidine rings is 1. The van der Waals surface area contributed by atoms with Crippen molar-refractivity contribution in [1.82, 2.24) is 19.9 Å². The smallest absolute Gasteiger partial charge is 0.280 e. The second-order valence-electron chi connectivity index (χ2n) is 4.65. The number of nitrogens with zero attached hydrogens (tertiary/aromatic N) is 3. The lowest BCUT2D eigenvalue weighted by atomic mass is 9.98. The Morgan fingerprint density at radius 1 is 1.50 bits per heavy atom. The number of nitrogens with two attached hydrogens (primary N) is 2. The molecule has 0 radical (unpaired) electrons. The van der Waals surface area contributed by atoms with Crippen molar-refractivity contribution in [3.05, 3.63) is 5.69 Å². The molecule has 0 saturated carbocycles. The molecule has 1 saturated heterocycles. The van der Waals surface area contributed by atoms with Crippen molar-refractivity contribution in [3.63, 3.8) is 0 Å². The van der Waals surface area contributed by atoms with Crippen LogP contribution >= 0.6 is 0 Å². The van der Waals surface area contributed by atoms with Crippen LogP contribution in [0.1, 0.15) is 23.3 Å². The quantitative estimate of drug-likeness (QED) is 0.598. The fourth-order valence-electron chi connectivity index (χ4n) is 2.14. The SMILES string of the molecule is Nc1nonc1C(=O)N1CCCC(CNS(N)(=O)=O)C1. The van der Waals surface area contributed by atoms with E-state index in [2.05, 4.69) is 19.7 Å². The zero-order valence-electron chi connectivity index (χ0n) is 10.7. The van der Waals surface area contributed by atoms with E-state index < -0.39 is 10.2 Å². The highest BCUT2D eigenvalue weighted by Gasteiger charge is 2.28. The number of nitrogens with one attached hydrogen (secondary N) is 1. The number of hydrogen-bond donors (Lipinski definition) is 3. The Balaban J connectivity index is 1.97. The molecule has 11 heteroatoms. The third-order valence-electron chi connectivity index (χ3n) is 3.10. The number of anilines is 1. The molecule has 10 nitrogen and oxygen atoms in total. The molecule has 1 unspecified atom stereocenters. The highest BCUT2D eigenvalue weighted by Crippen LogP contribution is 2.19. The summed E-state index contributed by atoms with van der Waals surface area (Å²) >= 11 is 0. The molecule has 0 spiro atoms. The van der Waals surface area contributed by atoms with E-state index in [1.165, 1.54) is 0 Å². The number of rotatable bonds is 4. The minimum absolute atomic E-state index is 0.00731. The van der Waals surface area contributed by atoms with Crippen LogP contribution in [0.2, 0.25) is 0 Å². The summed E-state index contributed by atoms with van der Waals surface area (Å²) in [4.78, 5) is 13.7. The van der Waals surface area contributed by atoms with E-state index in [1.807, 2.05) is 0 Å². The van der Waals surface area contributed by atoms with Gasteiger partial charge in [-0.2, -0.15) is 8.42 Å². The summed E-state index contributed by atoms with van der Waals surface area (Å²) in [6.07, 6.45) is 1.56. The van der Waals surface area contributed by atoms with Crippen molar-refractivity contribution in [1.29, 1.82) is 0 Å². The summed E-state index contributed by atoms with van der Waals surface area (Å²) in [7, 11) is -3.72. The molecule has 5 N–H and O–H groups in total. The van der Waals surface area contributed by atoms with Crippen molar-refractivity contribution in [2.45, 2.75) is 12.8 Å². The lowest BCUT2D eigenvalue weighted by Crippen LogP contribution is -2.44. The van der Waals surface area contributed by atoms with Crippen molar-refractivity contribution in [3.8, 4) is 0 Å². The second-order valence-corrected chi connectivity index (χ2v) is 6.03. The molecule has 2 rings (SSSR count). The molecule has 1 aromatic heterocycles. The van der Waals surface area contributed by atoms with Crippen molar-refractivity contribution >= 4 is 21.9 Å². The number of amides is 1. The standard InChI is InChI=1S/C9H16N6O4S/c10-8-7(13-19-14-8)9(16)15-3-1-2-6(5-15)4-12-20(11,17)18/h6,12H,1-5H2,(H2,10,14)(H2,11,17,18). The molecule has 20 heavy (non-hydrogen) atoms. The Morgan fingerprint density at radius 2 is 2.25 bits per heavy atom. The van der Waals surface area contributed by atoms with Crippen LogP contribution < -0.4 is 15.6 Å². The van der Waals surface area contributed by atoms with Gasteiger partial charge in [0.25, 0.3) is 16.1 Å². The molecule has 2 heterocycles. The number of aromatic nitrogens is 2. The molecule has 0 aromatic carbocycles. The van der Waals surface area contributed by atoms with Gasteiger partial charge in [-0.05, 0) is 29.1 Å². The first-order chi connectivity index (χ1) is 9.37. The molecule has 1 aromatic rings. The first-order valence-electron chi connectivity index (χ1n) is 6.01. The molecule has 1 amide bonds. The Labute approximate surface area is 115 Å². The summed E-state index contributed by atoms with van der Waals surface area (Å²) < 4.78 is 28.4. The van der Waals surface area contributed by atoms with Crippen LogP contribution in [0.5, 0.6) is 0 Å². The van der Waals surface area contributed by atoms with Crippen LogP contribution in [0.3, 0.4) is 0 Å². The molecule has 1 aliphatic heterocycles. The average molecular weight is 304 g/mol. The fraction of sp³-hybridized carbons (Fsp3) is 0.667. The molecule has 1 fully saturated rings. The summed E-state index contributed by atoms with van der Waals surface area (Å²) in [6, 6.07) is 0. The van der Waals surface area contributed by atoms with Gasteiger partial charge in [0.05, 0.1) is 0 Å². The van der Waals surface area contributed by atoms with Gasteiger partial charge >= 0.3 is 0 Å². The van der Waals surface area contributed by atoms with Gasteiger partial charge < -0.3 is 10.6 Å². The van der Waals surface area contributed by atoms with Gasteiger partial charge in [0.2, 0.25) is 11.5 Å². The Hall–Kier alpha value is -1.72. The minimum atomic E-state index is -3.72. The minimum Gasteiger partial charge on any atom is -0.379 e. The number of hydrogen-bond acceptors (Lipinski definition) is 7. The van der Waals surface area contributed by atoms with Crippen LogP contribution in [0.4, 0.5) is 5.82 Å². The molecule has 112 valence electrons. The van der Waals surface area contributed by atoms with Crippen LogP contribution in [0.25, 0.3) is 0 Å². The number of likely N-dealkylation sites (tertiary alicyclic amines) is 1. The summed E-state index contributed by atoms with van der Waals surface area (Å²) in [5.74, 6) is -0.434. The molecule has 1 atom stereocenters. The van der Waals surface area contributed by atoms with Gasteiger partial charge in [0.15, 0.2) is 0 Å². The predicted octanol–water partition coefficient (Wildman–Crippen LogP) is -1.70. The number of carbonyl (C=O) groups is 1. The van der Waals surface area contributed by atoms with Crippen LogP contribution in [0.15, 0.2) is 4.63 Å². The van der Waals surface area contributed by atoms with Crippen molar-refractivity contribution < 1.29 is 17.8 Å². The summed E-state index contributed by atoms with van der Waals surface area (Å²) in [6.45, 7) is 1.14. The maximum absolute atomic E-state index is 12.1. The van der Waals surface area contributed by atoms with Gasteiger partial charge in [-0.1, -0.05) is 0 Å². The zero-order valence-corrected chi connectivity index (χ0v) is 11.5. The summed E-state index contributed by atoms with van der Waals surface area (Å²) in [5, 5.41) is 11.7. The van der Waals surface area contributed by atoms with Crippen LogP contribution in [-0.4, -0.2) is 49.2 Å². The van der Waals surface area contributed by atoms with E-state index in [-0.39, 0.29) is 29.9 Å². The second kappa shape index (κ2) is 5.73. The fourth-order valence-corrected chi connectivity index (χ4v) is 2.61. The average Bonchev–Trinajstić information content (AvgIpc) is 2.81. The van der Waals surface area contributed by atoms with Crippen molar-refractivity contribution in [2.24, 2.45) is 11.1 Å². The maximum Gasteiger partial charge on any atom is 0.280 e. The monoisotopic (exact) mass is 304 g/mol. The van der Waals surface area contributed by atoms with Crippen LogP contribution in [0, 0.1) is 5.92 Å². The van der Waals surface area contributed by atoms with Gasteiger partial charge in [-0.15, -0.1) is 0 Å². The van der Waals surface area contributed by atoms with E-state index in [1.54, 1.807) is 4.90 Å². The molecule has 0 bridgehead atoms. The maximum atomic E-state index is 12.1. The van der Waals surface area contributed by atoms with Gasteiger partial charge in [0.1, 0.15) is 0 Å². The third kappa shape index (κ3) is 3.65. The molecular weight excluding hydrogens is 288 g/mol. The van der Waals surface area contributed by atoms with Gasteiger partial charge in [-0.3, -0.25) is 4.79 Å². The van der Waals surface area contributed by atoms with Crippen LogP contribution in [-0.2, 0) is 10.2 Å². The molecule has 0 aliphatic carbocycles. The first-order valence-corrected chi connectivity index (χ1v) is 7.56. The topological polar surface area (TPSA) is 157 Å². The van der Waals surface area contributed by atoms with Gasteiger partial charge in [-0.25, -0.2) is 14.5 Å². The van der Waals surface area contributed by atoms with E-state index >= 15 is 0 Å². The number of carbonyl (C=O) groups excluding carboxylic acids is 1. The molecular formula is C9H16N6O4S. The lowest BCUT2D eigenvalue weighted by molar-refractivity contribution is 0.0666. The predicted molar refractivity (Wildman–Crippen MR) is 68.4 cm³/mol. The van der Waals surface area contributed by atoms with E-state index in [0.717, 1.165) is 12.8 Å². The highest BCUT2D eigenvalue weighted by atomic mass is 32.2. The normalized spacial score (nSPS) is 20.1. The first kappa shape index (κ1) is 14.7. The largest absolute Gasteiger partial charge is 0.379 e. The molecule has 1 aliphatic rings. The number of nitrogen functional groups attached to an aromatic ring is 1. The van der Waals surface area contributed by atoms with E-state index in [9.17, 15) is 13.2 Å². The van der Waals surface area contributed by atoms with E-state index in [0.29, 0.717) is 13.1 Å².